The second-order valence-corrected chi connectivity index (χ2v) is 4.95. The third-order valence-electron chi connectivity index (χ3n) is 3.27. The van der Waals surface area contributed by atoms with Crippen LogP contribution in [0, 0.1) is 5.82 Å². The number of halogens is 4. The average Bonchev–Trinajstić information content (AvgIpc) is 3.04. The quantitative estimate of drug-likeness (QED) is 0.498. The Balaban J connectivity index is 1.93. The first-order chi connectivity index (χ1) is 11.4. The number of nitrogens with one attached hydrogen (secondary N) is 2. The summed E-state index contributed by atoms with van der Waals surface area (Å²) < 4.78 is 53.8. The molecular formula is C15H17F4N5. The minimum Gasteiger partial charge on any atom is -0.355 e. The van der Waals surface area contributed by atoms with Crippen LogP contribution in [0.4, 0.5) is 17.6 Å². The second-order valence-electron chi connectivity index (χ2n) is 4.95. The van der Waals surface area contributed by atoms with Crippen LogP contribution >= 0.6 is 0 Å². The SMILES string of the molecule is CN=C(NCCn1ccnc1)NCc1ccc(F)cc1C(F)(F)F. The topological polar surface area (TPSA) is 54.2 Å². The fraction of sp³-hybridized carbons (Fsp3) is 0.333. The molecule has 0 saturated heterocycles. The Labute approximate surface area is 136 Å². The van der Waals surface area contributed by atoms with E-state index >= 15 is 0 Å². The summed E-state index contributed by atoms with van der Waals surface area (Å²) in [5.74, 6) is -0.568. The van der Waals surface area contributed by atoms with Crippen molar-refractivity contribution in [2.75, 3.05) is 13.6 Å². The van der Waals surface area contributed by atoms with Crippen molar-refractivity contribution >= 4 is 5.96 Å². The fourth-order valence-electron chi connectivity index (χ4n) is 2.09. The summed E-state index contributed by atoms with van der Waals surface area (Å²) in [7, 11) is 1.52. The lowest BCUT2D eigenvalue weighted by Crippen LogP contribution is -2.38. The molecule has 0 fully saturated rings. The van der Waals surface area contributed by atoms with Crippen LogP contribution in [0.25, 0.3) is 0 Å². The van der Waals surface area contributed by atoms with Gasteiger partial charge in [0.15, 0.2) is 5.96 Å². The van der Waals surface area contributed by atoms with E-state index in [0.29, 0.717) is 25.1 Å². The molecule has 2 N–H and O–H groups in total. The number of alkyl halides is 3. The van der Waals surface area contributed by atoms with Crippen molar-refractivity contribution in [3.63, 3.8) is 0 Å². The molecule has 0 unspecified atom stereocenters. The largest absolute Gasteiger partial charge is 0.416 e. The van der Waals surface area contributed by atoms with Gasteiger partial charge in [0, 0.05) is 39.1 Å². The van der Waals surface area contributed by atoms with E-state index in [9.17, 15) is 17.6 Å². The van der Waals surface area contributed by atoms with Crippen molar-refractivity contribution in [2.24, 2.45) is 4.99 Å². The monoisotopic (exact) mass is 343 g/mol. The van der Waals surface area contributed by atoms with E-state index in [0.717, 1.165) is 12.1 Å². The summed E-state index contributed by atoms with van der Waals surface area (Å²) in [6.07, 6.45) is 0.496. The van der Waals surface area contributed by atoms with Crippen LogP contribution in [0.15, 0.2) is 41.9 Å². The predicted molar refractivity (Wildman–Crippen MR) is 81.8 cm³/mol. The number of benzene rings is 1. The van der Waals surface area contributed by atoms with E-state index in [-0.39, 0.29) is 12.1 Å². The van der Waals surface area contributed by atoms with Crippen LogP contribution in [0.2, 0.25) is 0 Å². The van der Waals surface area contributed by atoms with E-state index in [1.54, 1.807) is 18.7 Å². The van der Waals surface area contributed by atoms with Crippen LogP contribution in [0.3, 0.4) is 0 Å². The zero-order chi connectivity index (χ0) is 17.6. The minimum absolute atomic E-state index is 0.0542. The third-order valence-corrected chi connectivity index (χ3v) is 3.27. The molecule has 0 radical (unpaired) electrons. The Bertz CT molecular complexity index is 680. The molecule has 130 valence electrons. The Morgan fingerprint density at radius 1 is 1.29 bits per heavy atom. The molecule has 0 atom stereocenters. The van der Waals surface area contributed by atoms with Crippen molar-refractivity contribution in [3.05, 3.63) is 53.9 Å². The van der Waals surface area contributed by atoms with Gasteiger partial charge in [-0.3, -0.25) is 4.99 Å². The van der Waals surface area contributed by atoms with Gasteiger partial charge in [0.25, 0.3) is 0 Å². The van der Waals surface area contributed by atoms with Crippen molar-refractivity contribution in [1.29, 1.82) is 0 Å². The maximum atomic E-state index is 13.1. The average molecular weight is 343 g/mol. The zero-order valence-corrected chi connectivity index (χ0v) is 12.9. The highest BCUT2D eigenvalue weighted by atomic mass is 19.4. The molecule has 5 nitrogen and oxygen atoms in total. The van der Waals surface area contributed by atoms with Crippen molar-refractivity contribution < 1.29 is 17.6 Å². The molecule has 9 heteroatoms. The molecule has 2 aromatic rings. The van der Waals surface area contributed by atoms with Gasteiger partial charge in [-0.05, 0) is 17.7 Å². The minimum atomic E-state index is -4.61. The van der Waals surface area contributed by atoms with Crippen molar-refractivity contribution in [2.45, 2.75) is 19.3 Å². The molecule has 1 heterocycles. The third kappa shape index (κ3) is 4.97. The van der Waals surface area contributed by atoms with Gasteiger partial charge in [-0.1, -0.05) is 6.07 Å². The summed E-state index contributed by atoms with van der Waals surface area (Å²) in [6, 6.07) is 2.61. The standard InChI is InChI=1S/C15H17F4N5/c1-20-14(22-5-7-24-6-4-21-10-24)23-9-11-2-3-12(16)8-13(11)15(17,18)19/h2-4,6,8,10H,5,7,9H2,1H3,(H2,20,22,23). The van der Waals surface area contributed by atoms with E-state index in [4.69, 9.17) is 0 Å². The van der Waals surface area contributed by atoms with Crippen LogP contribution in [0.1, 0.15) is 11.1 Å². The summed E-state index contributed by atoms with van der Waals surface area (Å²) in [6.45, 7) is 1.02. The molecule has 24 heavy (non-hydrogen) atoms. The van der Waals surface area contributed by atoms with Crippen LogP contribution in [0.5, 0.6) is 0 Å². The Kier molecular flexibility index (Phi) is 5.78. The molecule has 0 amide bonds. The second kappa shape index (κ2) is 7.80. The van der Waals surface area contributed by atoms with E-state index in [1.807, 2.05) is 4.57 Å². The highest BCUT2D eigenvalue weighted by Gasteiger charge is 2.33. The molecular weight excluding hydrogens is 326 g/mol. The van der Waals surface area contributed by atoms with Gasteiger partial charge in [0.05, 0.1) is 11.9 Å². The number of hydrogen-bond donors (Lipinski definition) is 2. The number of imidazole rings is 1. The first-order valence-electron chi connectivity index (χ1n) is 7.16. The van der Waals surface area contributed by atoms with E-state index < -0.39 is 17.6 Å². The lowest BCUT2D eigenvalue weighted by Gasteiger charge is -2.16. The number of hydrogen-bond acceptors (Lipinski definition) is 2. The lowest BCUT2D eigenvalue weighted by molar-refractivity contribution is -0.138. The Morgan fingerprint density at radius 2 is 2.08 bits per heavy atom. The van der Waals surface area contributed by atoms with Gasteiger partial charge in [0.1, 0.15) is 5.82 Å². The molecule has 0 aliphatic carbocycles. The summed E-state index contributed by atoms with van der Waals surface area (Å²) in [5.41, 5.74) is -1.05. The lowest BCUT2D eigenvalue weighted by atomic mass is 10.1. The highest BCUT2D eigenvalue weighted by molar-refractivity contribution is 5.79. The summed E-state index contributed by atoms with van der Waals surface area (Å²) in [5, 5.41) is 5.77. The van der Waals surface area contributed by atoms with Gasteiger partial charge < -0.3 is 15.2 Å². The molecule has 1 aromatic carbocycles. The van der Waals surface area contributed by atoms with Gasteiger partial charge in [-0.15, -0.1) is 0 Å². The number of guanidine groups is 1. The number of aliphatic imine (C=N–C) groups is 1. The zero-order valence-electron chi connectivity index (χ0n) is 12.9. The van der Waals surface area contributed by atoms with Gasteiger partial charge >= 0.3 is 6.18 Å². The van der Waals surface area contributed by atoms with Crippen molar-refractivity contribution in [3.8, 4) is 0 Å². The van der Waals surface area contributed by atoms with Gasteiger partial charge in [0.2, 0.25) is 0 Å². The fourth-order valence-corrected chi connectivity index (χ4v) is 2.09. The number of aromatic nitrogens is 2. The Hall–Kier alpha value is -2.58. The normalized spacial score (nSPS) is 12.3. The first kappa shape index (κ1) is 17.8. The smallest absolute Gasteiger partial charge is 0.355 e. The van der Waals surface area contributed by atoms with Crippen LogP contribution in [-0.4, -0.2) is 29.1 Å². The Morgan fingerprint density at radius 3 is 2.71 bits per heavy atom. The van der Waals surface area contributed by atoms with E-state index in [1.165, 1.54) is 7.05 Å². The molecule has 0 saturated carbocycles. The van der Waals surface area contributed by atoms with Crippen molar-refractivity contribution in [1.82, 2.24) is 20.2 Å². The maximum absolute atomic E-state index is 13.1. The molecule has 0 aliphatic heterocycles. The first-order valence-corrected chi connectivity index (χ1v) is 7.16. The van der Waals surface area contributed by atoms with Gasteiger partial charge in [-0.25, -0.2) is 9.37 Å². The molecule has 1 aromatic heterocycles. The molecule has 0 aliphatic rings. The predicted octanol–water partition coefficient (Wildman–Crippen LogP) is 2.41. The van der Waals surface area contributed by atoms with Gasteiger partial charge in [-0.2, -0.15) is 13.2 Å². The maximum Gasteiger partial charge on any atom is 0.416 e. The number of rotatable bonds is 5. The van der Waals surface area contributed by atoms with Crippen LogP contribution in [-0.2, 0) is 19.3 Å². The van der Waals surface area contributed by atoms with Crippen LogP contribution < -0.4 is 10.6 Å². The molecule has 0 bridgehead atoms. The molecule has 2 rings (SSSR count). The summed E-state index contributed by atoms with van der Waals surface area (Å²) in [4.78, 5) is 7.85. The number of nitrogens with zero attached hydrogens (tertiary/aromatic N) is 3. The molecule has 0 spiro atoms. The van der Waals surface area contributed by atoms with E-state index in [2.05, 4.69) is 20.6 Å². The summed E-state index contributed by atoms with van der Waals surface area (Å²) >= 11 is 0. The highest BCUT2D eigenvalue weighted by Crippen LogP contribution is 2.32.